The molecule has 6 N–H and O–H groups in total. The van der Waals surface area contributed by atoms with Gasteiger partial charge < -0.3 is 19.1 Å². The van der Waals surface area contributed by atoms with Crippen molar-refractivity contribution in [3.63, 3.8) is 0 Å². The normalized spacial score (nSPS) is 11.7. The van der Waals surface area contributed by atoms with E-state index in [1.54, 1.807) is 67.9 Å². The van der Waals surface area contributed by atoms with Crippen LogP contribution in [-0.4, -0.2) is 67.4 Å². The second kappa shape index (κ2) is 24.1. The number of carbonyl (C=O) groups excluding carboxylic acids is 1. The Morgan fingerprint density at radius 3 is 1.56 bits per heavy atom. The van der Waals surface area contributed by atoms with Gasteiger partial charge in [0.05, 0.1) is 38.9 Å². The van der Waals surface area contributed by atoms with Crippen LogP contribution in [0, 0.1) is 0 Å². The zero-order valence-corrected chi connectivity index (χ0v) is 41.5. The molecule has 0 atom stereocenters. The minimum atomic E-state index is -3.87. The number of aromatic nitrogens is 3. The lowest BCUT2D eigenvalue weighted by Crippen LogP contribution is -2.31. The number of carbonyl (C=O) groups is 2. The van der Waals surface area contributed by atoms with Crippen LogP contribution in [0.15, 0.2) is 94.7 Å². The van der Waals surface area contributed by atoms with Gasteiger partial charge >= 0.3 is 5.97 Å². The molecule has 0 spiro atoms. The molecule has 1 heterocycles. The largest absolute Gasteiger partial charge is 0.480 e. The highest BCUT2D eigenvalue weighted by molar-refractivity contribution is 7.93. The number of nitrogens with zero attached hydrogens (tertiary/aromatic N) is 3. The number of nitrogen functional groups attached to an aromatic ring is 1. The molecule has 0 aliphatic carbocycles. The fourth-order valence-corrected chi connectivity index (χ4v) is 8.04. The average molecular weight is 993 g/mol. The van der Waals surface area contributed by atoms with Crippen molar-refractivity contribution in [3.8, 4) is 11.4 Å². The summed E-state index contributed by atoms with van der Waals surface area (Å²) in [4.78, 5) is 21.9. The van der Waals surface area contributed by atoms with Gasteiger partial charge in [-0.05, 0) is 110 Å². The number of anilines is 2. The Hall–Kier alpha value is -5.08. The summed E-state index contributed by atoms with van der Waals surface area (Å²) in [6.07, 6.45) is 0.0551. The Labute approximate surface area is 399 Å². The van der Waals surface area contributed by atoms with Gasteiger partial charge in [-0.15, -0.1) is 10.2 Å². The molecular weight excluding hydrogens is 930 g/mol. The van der Waals surface area contributed by atoms with Crippen LogP contribution >= 0.6 is 23.2 Å². The van der Waals surface area contributed by atoms with Gasteiger partial charge in [-0.1, -0.05) is 96.4 Å². The number of hydrogen-bond acceptors (Lipinski definition) is 11. The third-order valence-corrected chi connectivity index (χ3v) is 12.4. The van der Waals surface area contributed by atoms with Crippen LogP contribution in [0.3, 0.4) is 0 Å². The molecule has 5 rings (SSSR count). The molecule has 0 radical (unpaired) electrons. The van der Waals surface area contributed by atoms with Crippen LogP contribution in [0.25, 0.3) is 11.4 Å². The molecule has 0 saturated carbocycles. The average Bonchev–Trinajstić information content (AvgIpc) is 3.59. The van der Waals surface area contributed by atoms with Crippen LogP contribution in [0.2, 0.25) is 10.0 Å². The molecule has 1 aromatic heterocycles. The summed E-state index contributed by atoms with van der Waals surface area (Å²) in [5, 5.41) is 17.2. The number of ether oxygens (including phenoxy) is 2. The maximum absolute atomic E-state index is 13.1. The zero-order chi connectivity index (χ0) is 49.1. The summed E-state index contributed by atoms with van der Waals surface area (Å²) < 4.78 is 68.6. The van der Waals surface area contributed by atoms with Crippen LogP contribution in [0.5, 0.6) is 0 Å². The molecule has 0 saturated heterocycles. The van der Waals surface area contributed by atoms with E-state index in [0.29, 0.717) is 34.5 Å². The highest BCUT2D eigenvalue weighted by Gasteiger charge is 2.23. The standard InChI is InChI=1S/C23H29ClN4O3S.C17H20ClN3O3S.C5H10O3.CH4/c1-15(2)31-14-21-25-26-22(28(21)6)19-13-17(24)9-12-20(19)27-32(29,30)18-10-7-16(8-11-18)23(3,4)5;1-17(2,3)11-4-7-13(8-5-11)25(23,24)21-15-9-6-12(18)10-14(15)16(22)20-19;1-4(2)8-3-5(6)7;/h7-13,15,27H,14H2,1-6H3;4-10,21H,19H2,1-3H3,(H,20,22);4H,3H2,1-2H3,(H,6,7);1H4. The Morgan fingerprint density at radius 2 is 1.15 bits per heavy atom. The van der Waals surface area contributed by atoms with Crippen molar-refractivity contribution in [2.24, 2.45) is 12.9 Å². The van der Waals surface area contributed by atoms with Crippen molar-refractivity contribution in [3.05, 3.63) is 117 Å². The number of nitrogens with one attached hydrogen (secondary N) is 3. The number of aliphatic carboxylic acids is 1. The summed E-state index contributed by atoms with van der Waals surface area (Å²) in [5.74, 6) is 4.68. The van der Waals surface area contributed by atoms with E-state index in [-0.39, 0.29) is 63.1 Å². The molecule has 66 heavy (non-hydrogen) atoms. The SMILES string of the molecule is C.CC(C)(C)c1ccc(S(=O)(=O)Nc2ccc(Cl)cc2C(=O)NN)cc1.CC(C)OCC(=O)O.CC(C)OCc1nnc(-c2cc(Cl)ccc2NS(=O)(=O)c2ccc(C(C)(C)C)cc2)n1C. The fraction of sp³-hybridized carbons (Fsp3) is 0.391. The molecule has 20 heteroatoms. The van der Waals surface area contributed by atoms with Crippen LogP contribution in [0.1, 0.15) is 104 Å². The van der Waals surface area contributed by atoms with E-state index in [1.165, 1.54) is 30.3 Å². The van der Waals surface area contributed by atoms with Crippen molar-refractivity contribution in [1.29, 1.82) is 0 Å². The van der Waals surface area contributed by atoms with Crippen molar-refractivity contribution < 1.29 is 41.0 Å². The molecule has 0 fully saturated rings. The number of hydrogen-bond donors (Lipinski definition) is 5. The van der Waals surface area contributed by atoms with Gasteiger partial charge in [0.1, 0.15) is 13.2 Å². The number of benzene rings is 4. The smallest absolute Gasteiger partial charge is 0.329 e. The lowest BCUT2D eigenvalue weighted by Gasteiger charge is -2.19. The summed E-state index contributed by atoms with van der Waals surface area (Å²) in [7, 11) is -5.88. The summed E-state index contributed by atoms with van der Waals surface area (Å²) in [6, 6.07) is 22.6. The van der Waals surface area contributed by atoms with E-state index in [2.05, 4.69) is 40.4 Å². The predicted molar refractivity (Wildman–Crippen MR) is 262 cm³/mol. The Balaban J connectivity index is 0.000000392. The Morgan fingerprint density at radius 1 is 0.712 bits per heavy atom. The van der Waals surface area contributed by atoms with Gasteiger partial charge in [-0.3, -0.25) is 19.7 Å². The van der Waals surface area contributed by atoms with Crippen molar-refractivity contribution >= 4 is 66.5 Å². The predicted octanol–water partition coefficient (Wildman–Crippen LogP) is 9.33. The number of halogens is 2. The zero-order valence-electron chi connectivity index (χ0n) is 38.4. The third kappa shape index (κ3) is 17.0. The van der Waals surface area contributed by atoms with Crippen molar-refractivity contribution in [2.75, 3.05) is 16.1 Å². The van der Waals surface area contributed by atoms with E-state index in [9.17, 15) is 26.4 Å². The summed E-state index contributed by atoms with van der Waals surface area (Å²) >= 11 is 12.1. The van der Waals surface area contributed by atoms with Crippen LogP contribution in [0.4, 0.5) is 11.4 Å². The number of nitrogens with two attached hydrogens (primary N) is 1. The number of carboxylic acid groups (broad SMARTS) is 1. The van der Waals surface area contributed by atoms with E-state index in [0.717, 1.165) is 11.1 Å². The Kier molecular flexibility index (Phi) is 20.8. The first-order valence-corrected chi connectivity index (χ1v) is 24.0. The van der Waals surface area contributed by atoms with E-state index >= 15 is 0 Å². The molecule has 16 nitrogen and oxygen atoms in total. The molecule has 1 amide bonds. The first-order valence-electron chi connectivity index (χ1n) is 20.3. The van der Waals surface area contributed by atoms with Gasteiger partial charge in [0.15, 0.2) is 11.6 Å². The van der Waals surface area contributed by atoms with Gasteiger partial charge in [0.2, 0.25) is 0 Å². The second-order valence-electron chi connectivity index (χ2n) is 17.2. The van der Waals surface area contributed by atoms with Crippen molar-refractivity contribution in [1.82, 2.24) is 20.2 Å². The molecule has 4 aromatic carbocycles. The van der Waals surface area contributed by atoms with E-state index in [4.69, 9.17) is 43.6 Å². The first-order chi connectivity index (χ1) is 30.0. The lowest BCUT2D eigenvalue weighted by atomic mass is 9.87. The monoisotopic (exact) mass is 991 g/mol. The quantitative estimate of drug-likeness (QED) is 0.0398. The number of carboxylic acids is 1. The summed E-state index contributed by atoms with van der Waals surface area (Å²) in [6.45, 7) is 19.9. The molecular formula is C46H63Cl2N7O9S2. The highest BCUT2D eigenvalue weighted by Crippen LogP contribution is 2.33. The maximum Gasteiger partial charge on any atom is 0.329 e. The van der Waals surface area contributed by atoms with Gasteiger partial charge in [0, 0.05) is 22.7 Å². The van der Waals surface area contributed by atoms with Crippen LogP contribution in [-0.2, 0) is 58.8 Å². The molecule has 0 aliphatic rings. The summed E-state index contributed by atoms with van der Waals surface area (Å²) in [5.41, 5.74) is 4.89. The topological polar surface area (TPSA) is 234 Å². The molecule has 362 valence electrons. The van der Waals surface area contributed by atoms with Gasteiger partial charge in [-0.25, -0.2) is 27.5 Å². The number of amides is 1. The molecule has 0 bridgehead atoms. The minimum absolute atomic E-state index is 0. The van der Waals surface area contributed by atoms with E-state index in [1.807, 2.05) is 52.2 Å². The number of hydrazine groups is 1. The number of sulfonamides is 2. The molecule has 5 aromatic rings. The Bertz CT molecular complexity index is 2630. The minimum Gasteiger partial charge on any atom is -0.480 e. The molecule has 0 unspecified atom stereocenters. The molecule has 0 aliphatic heterocycles. The second-order valence-corrected chi connectivity index (χ2v) is 21.5. The van der Waals surface area contributed by atoms with Crippen molar-refractivity contribution in [2.45, 2.75) is 116 Å². The fourth-order valence-electron chi connectivity index (χ4n) is 5.54. The third-order valence-electron chi connectivity index (χ3n) is 9.18. The first kappa shape index (κ1) is 57.0. The van der Waals surface area contributed by atoms with Crippen LogP contribution < -0.4 is 20.7 Å². The lowest BCUT2D eigenvalue weighted by molar-refractivity contribution is -0.143. The van der Waals surface area contributed by atoms with Gasteiger partial charge in [-0.2, -0.15) is 0 Å². The van der Waals surface area contributed by atoms with Gasteiger partial charge in [0.25, 0.3) is 26.0 Å². The maximum atomic E-state index is 13.1. The number of rotatable bonds is 14. The van der Waals surface area contributed by atoms with E-state index < -0.39 is 31.9 Å². The highest BCUT2D eigenvalue weighted by atomic mass is 35.5.